The Balaban J connectivity index is 0.00000289. The highest BCUT2D eigenvalue weighted by molar-refractivity contribution is 7.95. The first kappa shape index (κ1) is 25.1. The van der Waals surface area contributed by atoms with Crippen molar-refractivity contribution in [1.29, 1.82) is 0 Å². The molecular weight excluding hydrogens is 512 g/mol. The molecule has 35 heavy (non-hydrogen) atoms. The van der Waals surface area contributed by atoms with Gasteiger partial charge in [-0.15, -0.1) is 11.3 Å². The van der Waals surface area contributed by atoms with Gasteiger partial charge in [-0.1, -0.05) is 54.6 Å². The molecule has 0 unspecified atom stereocenters. The maximum atomic E-state index is 13.4. The molecule has 2 aromatic heterocycles. The van der Waals surface area contributed by atoms with E-state index in [-0.39, 0.29) is 17.4 Å². The number of fused-ring (bicyclic) bond motifs is 1. The molecule has 3 nitrogen and oxygen atoms in total. The van der Waals surface area contributed by atoms with Gasteiger partial charge in [0.25, 0.3) is 5.56 Å². The Hall–Kier alpha value is -2.99. The molecule has 178 valence electrons. The van der Waals surface area contributed by atoms with E-state index in [1.165, 1.54) is 6.07 Å². The molecule has 5 rings (SSSR count). The van der Waals surface area contributed by atoms with Crippen LogP contribution in [0.1, 0.15) is 11.4 Å². The average Bonchev–Trinajstić information content (AvgIpc) is 3.30. The second kappa shape index (κ2) is 9.94. The van der Waals surface area contributed by atoms with Gasteiger partial charge in [-0.3, -0.25) is 4.79 Å². The second-order valence-corrected chi connectivity index (χ2v) is 12.1. The number of alkyl halides is 3. The summed E-state index contributed by atoms with van der Waals surface area (Å²) in [5.74, 6) is 0. The molecule has 0 aliphatic heterocycles. The SMILES string of the molecule is O=c1cc(C[P+](c2ccccc2)(c2ccccc2)c2ccccc2)nc2scc(C(F)(F)F)n12.[Cl-]. The predicted molar refractivity (Wildman–Crippen MR) is 133 cm³/mol. The Kier molecular flexibility index (Phi) is 7.13. The summed E-state index contributed by atoms with van der Waals surface area (Å²) in [6.07, 6.45) is -4.21. The minimum atomic E-state index is -4.62. The first-order valence-corrected chi connectivity index (χ1v) is 13.4. The van der Waals surface area contributed by atoms with Crippen molar-refractivity contribution < 1.29 is 25.6 Å². The number of aromatic nitrogens is 2. The van der Waals surface area contributed by atoms with E-state index in [0.717, 1.165) is 32.6 Å². The van der Waals surface area contributed by atoms with E-state index in [4.69, 9.17) is 0 Å². The molecule has 2 heterocycles. The van der Waals surface area contributed by atoms with Gasteiger partial charge in [0, 0.05) is 11.4 Å². The Morgan fingerprint density at radius 2 is 1.26 bits per heavy atom. The number of halogens is 4. The zero-order chi connectivity index (χ0) is 23.8. The van der Waals surface area contributed by atoms with Crippen LogP contribution in [0.3, 0.4) is 0 Å². The monoisotopic (exact) mass is 530 g/mol. The lowest BCUT2D eigenvalue weighted by Crippen LogP contribution is -3.00. The topological polar surface area (TPSA) is 34.4 Å². The van der Waals surface area contributed by atoms with Crippen LogP contribution >= 0.6 is 18.6 Å². The molecule has 0 atom stereocenters. The maximum absolute atomic E-state index is 13.4. The Morgan fingerprint density at radius 3 is 1.69 bits per heavy atom. The van der Waals surface area contributed by atoms with Crippen molar-refractivity contribution in [1.82, 2.24) is 9.38 Å². The third-order valence-electron chi connectivity index (χ3n) is 5.74. The summed E-state index contributed by atoms with van der Waals surface area (Å²) in [6.45, 7) is 0. The lowest BCUT2D eigenvalue weighted by Gasteiger charge is -2.27. The van der Waals surface area contributed by atoms with E-state index in [9.17, 15) is 18.0 Å². The number of hydrogen-bond acceptors (Lipinski definition) is 3. The number of rotatable bonds is 5. The molecule has 5 aromatic rings. The molecule has 0 aliphatic carbocycles. The van der Waals surface area contributed by atoms with E-state index in [0.29, 0.717) is 16.3 Å². The van der Waals surface area contributed by atoms with Gasteiger partial charge < -0.3 is 12.4 Å². The fourth-order valence-corrected chi connectivity index (χ4v) is 9.31. The Bertz CT molecular complexity index is 1390. The van der Waals surface area contributed by atoms with Crippen LogP contribution in [-0.4, -0.2) is 9.38 Å². The zero-order valence-corrected chi connectivity index (χ0v) is 20.7. The first-order valence-electron chi connectivity index (χ1n) is 10.5. The van der Waals surface area contributed by atoms with Crippen LogP contribution in [0.4, 0.5) is 13.2 Å². The molecule has 0 radical (unpaired) electrons. The molecular formula is C26H19ClF3N2OPS. The van der Waals surface area contributed by atoms with Gasteiger partial charge in [0.05, 0.1) is 5.69 Å². The summed E-state index contributed by atoms with van der Waals surface area (Å²) in [5, 5.41) is 4.27. The fourth-order valence-electron chi connectivity index (χ4n) is 4.25. The molecule has 0 saturated carbocycles. The van der Waals surface area contributed by atoms with Crippen molar-refractivity contribution in [3.63, 3.8) is 0 Å². The van der Waals surface area contributed by atoms with Gasteiger partial charge in [0.15, 0.2) is 4.96 Å². The molecule has 0 aliphatic rings. The van der Waals surface area contributed by atoms with Gasteiger partial charge in [-0.05, 0) is 36.4 Å². The summed E-state index contributed by atoms with van der Waals surface area (Å²) >= 11 is 0.827. The van der Waals surface area contributed by atoms with Crippen LogP contribution in [0, 0.1) is 0 Å². The van der Waals surface area contributed by atoms with Crippen molar-refractivity contribution in [3.8, 4) is 0 Å². The quantitative estimate of drug-likeness (QED) is 0.327. The molecule has 9 heteroatoms. The molecule has 0 bridgehead atoms. The first-order chi connectivity index (χ1) is 16.4. The molecule has 0 amide bonds. The number of hydrogen-bond donors (Lipinski definition) is 0. The van der Waals surface area contributed by atoms with Crippen LogP contribution in [-0.2, 0) is 12.3 Å². The van der Waals surface area contributed by atoms with E-state index in [2.05, 4.69) is 41.4 Å². The fraction of sp³-hybridized carbons (Fsp3) is 0.0769. The highest BCUT2D eigenvalue weighted by Crippen LogP contribution is 2.57. The Morgan fingerprint density at radius 1 is 0.800 bits per heavy atom. The predicted octanol–water partition coefficient (Wildman–Crippen LogP) is 2.27. The third-order valence-corrected chi connectivity index (χ3v) is 10.9. The minimum Gasteiger partial charge on any atom is -1.00 e. The lowest BCUT2D eigenvalue weighted by molar-refractivity contribution is -0.141. The van der Waals surface area contributed by atoms with Crippen molar-refractivity contribution in [2.24, 2.45) is 0 Å². The van der Waals surface area contributed by atoms with Crippen molar-refractivity contribution in [3.05, 3.63) is 124 Å². The van der Waals surface area contributed by atoms with Gasteiger partial charge in [0.1, 0.15) is 35.0 Å². The highest BCUT2D eigenvalue weighted by atomic mass is 35.5. The summed E-state index contributed by atoms with van der Waals surface area (Å²) in [5.41, 5.74) is -1.24. The summed E-state index contributed by atoms with van der Waals surface area (Å²) in [4.78, 5) is 17.4. The van der Waals surface area contributed by atoms with E-state index >= 15 is 0 Å². The summed E-state index contributed by atoms with van der Waals surface area (Å²) < 4.78 is 40.8. The van der Waals surface area contributed by atoms with Crippen molar-refractivity contribution in [2.45, 2.75) is 12.3 Å². The van der Waals surface area contributed by atoms with Crippen LogP contribution in [0.25, 0.3) is 4.96 Å². The van der Waals surface area contributed by atoms with Gasteiger partial charge in [0.2, 0.25) is 0 Å². The average molecular weight is 531 g/mol. The van der Waals surface area contributed by atoms with Crippen molar-refractivity contribution >= 4 is 39.5 Å². The van der Waals surface area contributed by atoms with Gasteiger partial charge in [-0.2, -0.15) is 13.2 Å². The molecule has 0 N–H and O–H groups in total. The molecule has 0 spiro atoms. The molecule has 0 fully saturated rings. The summed E-state index contributed by atoms with van der Waals surface area (Å²) in [6, 6.07) is 31.5. The Labute approximate surface area is 210 Å². The summed E-state index contributed by atoms with van der Waals surface area (Å²) in [7, 11) is -2.33. The maximum Gasteiger partial charge on any atom is 0.432 e. The standard InChI is InChI=1S/C26H19F3N2OPS.ClH/c27-26(28,29)23-18-34-25-30-19(16-24(32)31(23)25)17-33(20-10-4-1-5-11-20,21-12-6-2-7-13-21)22-14-8-3-9-15-22;/h1-16,18H,17H2;1H/q+1;/p-1. The third kappa shape index (κ3) is 4.64. The van der Waals surface area contributed by atoms with Crippen LogP contribution in [0.15, 0.2) is 107 Å². The number of thiazole rings is 1. The van der Waals surface area contributed by atoms with Crippen LogP contribution < -0.4 is 33.9 Å². The van der Waals surface area contributed by atoms with Crippen molar-refractivity contribution in [2.75, 3.05) is 0 Å². The smallest absolute Gasteiger partial charge is 0.432 e. The van der Waals surface area contributed by atoms with Crippen LogP contribution in [0.2, 0.25) is 0 Å². The zero-order valence-electron chi connectivity index (χ0n) is 18.2. The number of benzene rings is 3. The molecule has 0 saturated heterocycles. The largest absolute Gasteiger partial charge is 1.00 e. The van der Waals surface area contributed by atoms with E-state index in [1.54, 1.807) is 0 Å². The highest BCUT2D eigenvalue weighted by Gasteiger charge is 2.46. The van der Waals surface area contributed by atoms with Crippen LogP contribution in [0.5, 0.6) is 0 Å². The normalized spacial score (nSPS) is 11.9. The van der Waals surface area contributed by atoms with Gasteiger partial charge in [-0.25, -0.2) is 9.38 Å². The lowest BCUT2D eigenvalue weighted by atomic mass is 10.3. The second-order valence-electron chi connectivity index (χ2n) is 7.80. The minimum absolute atomic E-state index is 0. The van der Waals surface area contributed by atoms with E-state index < -0.39 is 24.7 Å². The number of nitrogens with zero attached hydrogens (tertiary/aromatic N) is 2. The van der Waals surface area contributed by atoms with Gasteiger partial charge >= 0.3 is 6.18 Å². The van der Waals surface area contributed by atoms with E-state index in [1.807, 2.05) is 54.6 Å². The molecule has 3 aromatic carbocycles.